The van der Waals surface area contributed by atoms with Crippen LogP contribution in [0.4, 0.5) is 0 Å². The molecule has 3 nitrogen and oxygen atoms in total. The first-order chi connectivity index (χ1) is 5.86. The molecule has 0 aromatic carbocycles. The Kier molecular flexibility index (Phi) is 2.86. The average Bonchev–Trinajstić information content (AvgIpc) is 2.15. The number of hydrogen-bond acceptors (Lipinski definition) is 3. The SMILES string of the molecule is COc1cncc(C=CC#N)c1. The highest BCUT2D eigenvalue weighted by atomic mass is 16.5. The summed E-state index contributed by atoms with van der Waals surface area (Å²) >= 11 is 0. The predicted molar refractivity (Wildman–Crippen MR) is 45.4 cm³/mol. The van der Waals surface area contributed by atoms with Gasteiger partial charge in [-0.15, -0.1) is 0 Å². The van der Waals surface area contributed by atoms with E-state index in [2.05, 4.69) is 4.98 Å². The summed E-state index contributed by atoms with van der Waals surface area (Å²) in [7, 11) is 1.58. The van der Waals surface area contributed by atoms with Gasteiger partial charge in [0.15, 0.2) is 0 Å². The third-order valence-electron chi connectivity index (χ3n) is 1.32. The molecule has 0 atom stereocenters. The highest BCUT2D eigenvalue weighted by molar-refractivity contribution is 5.52. The maximum atomic E-state index is 8.27. The lowest BCUT2D eigenvalue weighted by atomic mass is 10.2. The van der Waals surface area contributed by atoms with Gasteiger partial charge in [-0.3, -0.25) is 4.98 Å². The molecule has 1 aromatic rings. The van der Waals surface area contributed by atoms with Gasteiger partial charge in [-0.05, 0) is 17.7 Å². The van der Waals surface area contributed by atoms with Gasteiger partial charge >= 0.3 is 0 Å². The molecule has 1 aromatic heterocycles. The van der Waals surface area contributed by atoms with Crippen LogP contribution in [0.2, 0.25) is 0 Å². The van der Waals surface area contributed by atoms with Crippen molar-refractivity contribution in [2.75, 3.05) is 7.11 Å². The van der Waals surface area contributed by atoms with E-state index in [1.165, 1.54) is 6.08 Å². The van der Waals surface area contributed by atoms with Crippen molar-refractivity contribution in [3.63, 3.8) is 0 Å². The average molecular weight is 160 g/mol. The van der Waals surface area contributed by atoms with Gasteiger partial charge in [0.2, 0.25) is 0 Å². The number of nitriles is 1. The summed E-state index contributed by atoms with van der Waals surface area (Å²) < 4.78 is 4.96. The largest absolute Gasteiger partial charge is 0.495 e. The molecule has 0 unspecified atom stereocenters. The molecule has 0 saturated carbocycles. The van der Waals surface area contributed by atoms with Crippen LogP contribution in [0.3, 0.4) is 0 Å². The number of rotatable bonds is 2. The van der Waals surface area contributed by atoms with Crippen LogP contribution in [0.5, 0.6) is 5.75 Å². The zero-order valence-electron chi connectivity index (χ0n) is 6.69. The molecule has 3 heteroatoms. The molecule has 0 aliphatic carbocycles. The lowest BCUT2D eigenvalue weighted by Crippen LogP contribution is -1.84. The van der Waals surface area contributed by atoms with Crippen molar-refractivity contribution in [1.29, 1.82) is 5.26 Å². The fourth-order valence-corrected chi connectivity index (χ4v) is 0.772. The number of ether oxygens (including phenoxy) is 1. The van der Waals surface area contributed by atoms with E-state index in [0.717, 1.165) is 5.56 Å². The lowest BCUT2D eigenvalue weighted by molar-refractivity contribution is 0.413. The molecular weight excluding hydrogens is 152 g/mol. The summed E-state index contributed by atoms with van der Waals surface area (Å²) in [5.41, 5.74) is 0.857. The minimum Gasteiger partial charge on any atom is -0.495 e. The van der Waals surface area contributed by atoms with Crippen LogP contribution in [-0.4, -0.2) is 12.1 Å². The molecule has 0 bridgehead atoms. The number of hydrogen-bond donors (Lipinski definition) is 0. The van der Waals surface area contributed by atoms with E-state index in [1.54, 1.807) is 31.6 Å². The second-order valence-corrected chi connectivity index (χ2v) is 2.12. The third-order valence-corrected chi connectivity index (χ3v) is 1.32. The first-order valence-electron chi connectivity index (χ1n) is 3.42. The quantitative estimate of drug-likeness (QED) is 0.617. The Morgan fingerprint density at radius 1 is 1.58 bits per heavy atom. The molecular formula is C9H8N2O. The van der Waals surface area contributed by atoms with E-state index in [9.17, 15) is 0 Å². The summed E-state index contributed by atoms with van der Waals surface area (Å²) in [6, 6.07) is 3.71. The molecule has 0 aliphatic rings. The van der Waals surface area contributed by atoms with Gasteiger partial charge in [-0.2, -0.15) is 5.26 Å². The molecule has 1 rings (SSSR count). The highest BCUT2D eigenvalue weighted by Gasteiger charge is 1.91. The van der Waals surface area contributed by atoms with Crippen LogP contribution >= 0.6 is 0 Å². The Hall–Kier alpha value is -1.82. The van der Waals surface area contributed by atoms with Gasteiger partial charge in [-0.1, -0.05) is 0 Å². The molecule has 12 heavy (non-hydrogen) atoms. The molecule has 1 heterocycles. The highest BCUT2D eigenvalue weighted by Crippen LogP contribution is 2.10. The summed E-state index contributed by atoms with van der Waals surface area (Å²) in [6.07, 6.45) is 6.35. The zero-order valence-corrected chi connectivity index (χ0v) is 6.69. The topological polar surface area (TPSA) is 45.9 Å². The third kappa shape index (κ3) is 2.10. The summed E-state index contributed by atoms with van der Waals surface area (Å²) in [5, 5.41) is 8.27. The van der Waals surface area contributed by atoms with Crippen molar-refractivity contribution in [1.82, 2.24) is 4.98 Å². The predicted octanol–water partition coefficient (Wildman–Crippen LogP) is 1.63. The fourth-order valence-electron chi connectivity index (χ4n) is 0.772. The molecule has 0 N–H and O–H groups in total. The maximum Gasteiger partial charge on any atom is 0.137 e. The second kappa shape index (κ2) is 4.14. The number of methoxy groups -OCH3 is 1. The molecule has 0 amide bonds. The minimum absolute atomic E-state index is 0.690. The number of nitrogens with zero attached hydrogens (tertiary/aromatic N) is 2. The monoisotopic (exact) mass is 160 g/mol. The van der Waals surface area contributed by atoms with E-state index in [4.69, 9.17) is 10.00 Å². The summed E-state index contributed by atoms with van der Waals surface area (Å²) in [5.74, 6) is 0.690. The van der Waals surface area contributed by atoms with Crippen LogP contribution in [-0.2, 0) is 0 Å². The van der Waals surface area contributed by atoms with E-state index in [0.29, 0.717) is 5.75 Å². The van der Waals surface area contributed by atoms with Gasteiger partial charge < -0.3 is 4.74 Å². The maximum absolute atomic E-state index is 8.27. The molecule has 0 spiro atoms. The minimum atomic E-state index is 0.690. The first-order valence-corrected chi connectivity index (χ1v) is 3.42. The molecule has 0 aliphatic heterocycles. The fraction of sp³-hybridized carbons (Fsp3) is 0.111. The number of aromatic nitrogens is 1. The van der Waals surface area contributed by atoms with Gasteiger partial charge in [0.05, 0.1) is 19.4 Å². The van der Waals surface area contributed by atoms with Crippen molar-refractivity contribution in [3.05, 3.63) is 30.1 Å². The first kappa shape index (κ1) is 8.28. The van der Waals surface area contributed by atoms with Crippen LogP contribution in [0.15, 0.2) is 24.5 Å². The Bertz CT molecular complexity index is 326. The van der Waals surface area contributed by atoms with Gasteiger partial charge in [0.25, 0.3) is 0 Å². The summed E-state index contributed by atoms with van der Waals surface area (Å²) in [4.78, 5) is 3.92. The Balaban J connectivity index is 2.88. The van der Waals surface area contributed by atoms with Crippen LogP contribution in [0.1, 0.15) is 5.56 Å². The lowest BCUT2D eigenvalue weighted by Gasteiger charge is -1.97. The molecule has 60 valence electrons. The summed E-state index contributed by atoms with van der Waals surface area (Å²) in [6.45, 7) is 0. The Morgan fingerprint density at radius 2 is 2.42 bits per heavy atom. The molecule has 0 radical (unpaired) electrons. The normalized spacial score (nSPS) is 9.67. The van der Waals surface area contributed by atoms with Crippen LogP contribution < -0.4 is 4.74 Å². The van der Waals surface area contributed by atoms with Crippen molar-refractivity contribution in [3.8, 4) is 11.8 Å². The van der Waals surface area contributed by atoms with Gasteiger partial charge in [0, 0.05) is 12.3 Å². The molecule has 0 fully saturated rings. The zero-order chi connectivity index (χ0) is 8.81. The molecule has 0 saturated heterocycles. The van der Waals surface area contributed by atoms with Crippen molar-refractivity contribution in [2.24, 2.45) is 0 Å². The van der Waals surface area contributed by atoms with Crippen LogP contribution in [0, 0.1) is 11.3 Å². The smallest absolute Gasteiger partial charge is 0.137 e. The van der Waals surface area contributed by atoms with Crippen LogP contribution in [0.25, 0.3) is 6.08 Å². The standard InChI is InChI=1S/C9H8N2O/c1-12-9-5-8(3-2-4-10)6-11-7-9/h2-3,5-7H,1H3. The van der Waals surface area contributed by atoms with Crippen molar-refractivity contribution in [2.45, 2.75) is 0 Å². The van der Waals surface area contributed by atoms with E-state index < -0.39 is 0 Å². The van der Waals surface area contributed by atoms with Crippen molar-refractivity contribution < 1.29 is 4.74 Å². The van der Waals surface area contributed by atoms with Gasteiger partial charge in [0.1, 0.15) is 5.75 Å². The van der Waals surface area contributed by atoms with E-state index in [-0.39, 0.29) is 0 Å². The van der Waals surface area contributed by atoms with Crippen molar-refractivity contribution >= 4 is 6.08 Å². The Labute approximate surface area is 70.9 Å². The second-order valence-electron chi connectivity index (χ2n) is 2.12. The van der Waals surface area contributed by atoms with E-state index >= 15 is 0 Å². The number of allylic oxidation sites excluding steroid dienone is 1. The van der Waals surface area contributed by atoms with E-state index in [1.807, 2.05) is 6.07 Å². The van der Waals surface area contributed by atoms with Gasteiger partial charge in [-0.25, -0.2) is 0 Å². The number of pyridine rings is 1. The Morgan fingerprint density at radius 3 is 3.08 bits per heavy atom.